The average molecular weight is 898 g/mol. The molecule has 0 aromatic heterocycles. The molecule has 0 saturated carbocycles. The fourth-order valence-electron chi connectivity index (χ4n) is 4.98. The van der Waals surface area contributed by atoms with Gasteiger partial charge in [-0.1, -0.05) is 160 Å². The van der Waals surface area contributed by atoms with E-state index in [1.165, 1.54) is 19.3 Å². The van der Waals surface area contributed by atoms with E-state index < -0.39 is 63.8 Å². The van der Waals surface area contributed by atoms with E-state index in [1.54, 1.807) is 6.08 Å². The first-order valence-electron chi connectivity index (χ1n) is 22.3. The first kappa shape index (κ1) is 58.6. The van der Waals surface area contributed by atoms with Crippen LogP contribution in [0.1, 0.15) is 123 Å². The Balaban J connectivity index is 4.67. The standard InChI is InChI=1S/C50H76NO11P/c1-3-5-7-9-11-12-13-14-15-16-17-18-19-20-21-26-29-33-37-41-49(54)62-46(43-60-63(57,58)61-44-47(51)50(55)56)42-59-48(53)40-36-32-28-25-23-22-24-27-31-35-39-45(52)38-34-30-10-8-6-4-2/h6,8,11-12,14-15,17-18,20-23,27-35,39,45-47,52H,3-5,7,9-10,13,16,19,24-26,36-38,40-44,51H2,1-2H3,(H,55,56)(H,57,58)/b8-6-,12-11-,15-14-,18-17-,21-20-,23-22-,31-27-,32-28-,33-29-,34-30-,39-35+/t45?,46-,47+/m1/s1. The summed E-state index contributed by atoms with van der Waals surface area (Å²) in [6.07, 6.45) is 55.7. The number of carboxylic acid groups (broad SMARTS) is 1. The molecule has 5 N–H and O–H groups in total. The zero-order chi connectivity index (χ0) is 46.5. The number of rotatable bonds is 39. The molecule has 13 heteroatoms. The normalized spacial score (nSPS) is 15.4. The molecule has 0 heterocycles. The van der Waals surface area contributed by atoms with E-state index in [-0.39, 0.29) is 12.8 Å². The number of hydrogen-bond donors (Lipinski definition) is 4. The van der Waals surface area contributed by atoms with Gasteiger partial charge in [-0.2, -0.15) is 0 Å². The summed E-state index contributed by atoms with van der Waals surface area (Å²) in [4.78, 5) is 45.9. The van der Waals surface area contributed by atoms with Crippen LogP contribution < -0.4 is 5.73 Å². The predicted molar refractivity (Wildman–Crippen MR) is 255 cm³/mol. The number of phosphoric acid groups is 1. The molecule has 352 valence electrons. The summed E-state index contributed by atoms with van der Waals surface area (Å²) in [7, 11) is -4.78. The summed E-state index contributed by atoms with van der Waals surface area (Å²) in [5.41, 5.74) is 5.32. The molecule has 0 amide bonds. The van der Waals surface area contributed by atoms with Crippen LogP contribution >= 0.6 is 7.82 Å². The predicted octanol–water partition coefficient (Wildman–Crippen LogP) is 11.1. The zero-order valence-electron chi connectivity index (χ0n) is 37.7. The molecular formula is C50H76NO11P. The third-order valence-corrected chi connectivity index (χ3v) is 9.44. The lowest BCUT2D eigenvalue weighted by Gasteiger charge is -2.20. The Hall–Kier alpha value is -4.42. The Labute approximate surface area is 377 Å². The Morgan fingerprint density at radius 2 is 1.06 bits per heavy atom. The number of aliphatic hydroxyl groups excluding tert-OH is 1. The summed E-state index contributed by atoms with van der Waals surface area (Å²) < 4.78 is 32.5. The topological polar surface area (TPSA) is 192 Å². The van der Waals surface area contributed by atoms with Crippen molar-refractivity contribution in [3.8, 4) is 0 Å². The molecule has 0 radical (unpaired) electrons. The van der Waals surface area contributed by atoms with E-state index in [4.69, 9.17) is 24.8 Å². The van der Waals surface area contributed by atoms with Gasteiger partial charge in [0.05, 0.1) is 19.3 Å². The molecule has 0 aliphatic rings. The van der Waals surface area contributed by atoms with Crippen LogP contribution in [0.4, 0.5) is 0 Å². The number of allylic oxidation sites excluding steroid dienone is 20. The number of aliphatic hydroxyl groups is 1. The Kier molecular flexibility index (Phi) is 39.9. The quantitative estimate of drug-likeness (QED) is 0.0150. The summed E-state index contributed by atoms with van der Waals surface area (Å²) in [5, 5.41) is 18.9. The molecule has 0 fully saturated rings. The molecule has 0 bridgehead atoms. The smallest absolute Gasteiger partial charge is 0.472 e. The summed E-state index contributed by atoms with van der Waals surface area (Å²) in [6, 6.07) is -1.56. The SMILES string of the molecule is CC/C=C\C/C=C\CC(O)/C=C/C=C\C/C=C\C/C=C\CCC(=O)OC[C@H](COP(=O)(O)OC[C@H](N)C(=O)O)OC(=O)CC/C=C\C/C=C\C/C=C\C/C=C\C/C=C\CCCCC. The van der Waals surface area contributed by atoms with Crippen LogP contribution in [0, 0.1) is 0 Å². The summed E-state index contributed by atoms with van der Waals surface area (Å²) in [6.45, 7) is 2.41. The number of hydrogen-bond acceptors (Lipinski definition) is 10. The van der Waals surface area contributed by atoms with Gasteiger partial charge in [-0.15, -0.1) is 0 Å². The number of carbonyl (C=O) groups is 3. The van der Waals surface area contributed by atoms with Crippen LogP contribution in [0.2, 0.25) is 0 Å². The third kappa shape index (κ3) is 42.6. The maximum atomic E-state index is 12.6. The van der Waals surface area contributed by atoms with Crippen LogP contribution in [-0.4, -0.2) is 71.1 Å². The van der Waals surface area contributed by atoms with E-state index >= 15 is 0 Å². The minimum Gasteiger partial charge on any atom is -0.480 e. The summed E-state index contributed by atoms with van der Waals surface area (Å²) in [5.74, 6) is -2.65. The van der Waals surface area contributed by atoms with Gasteiger partial charge in [0, 0.05) is 12.8 Å². The minimum atomic E-state index is -4.78. The van der Waals surface area contributed by atoms with Crippen molar-refractivity contribution < 1.29 is 52.6 Å². The van der Waals surface area contributed by atoms with E-state index in [9.17, 15) is 28.9 Å². The Morgan fingerprint density at radius 3 is 1.60 bits per heavy atom. The van der Waals surface area contributed by atoms with Crippen LogP contribution in [0.25, 0.3) is 0 Å². The van der Waals surface area contributed by atoms with Crippen molar-refractivity contribution in [2.24, 2.45) is 5.73 Å². The fraction of sp³-hybridized carbons (Fsp3) is 0.500. The number of unbranched alkanes of at least 4 members (excludes halogenated alkanes) is 3. The van der Waals surface area contributed by atoms with Gasteiger partial charge in [0.2, 0.25) is 0 Å². The van der Waals surface area contributed by atoms with Gasteiger partial charge < -0.3 is 30.3 Å². The Bertz CT molecular complexity index is 1590. The van der Waals surface area contributed by atoms with E-state index in [0.29, 0.717) is 32.1 Å². The molecule has 0 saturated heterocycles. The van der Waals surface area contributed by atoms with Crippen LogP contribution in [0.3, 0.4) is 0 Å². The molecule has 0 rings (SSSR count). The van der Waals surface area contributed by atoms with Crippen molar-refractivity contribution >= 4 is 25.7 Å². The number of phosphoric ester groups is 1. The number of ether oxygens (including phenoxy) is 2. The van der Waals surface area contributed by atoms with E-state index in [1.807, 2.05) is 72.9 Å². The van der Waals surface area contributed by atoms with Gasteiger partial charge in [0.25, 0.3) is 0 Å². The van der Waals surface area contributed by atoms with Gasteiger partial charge in [0.1, 0.15) is 12.6 Å². The second-order valence-corrected chi connectivity index (χ2v) is 15.7. The van der Waals surface area contributed by atoms with Crippen molar-refractivity contribution in [2.75, 3.05) is 19.8 Å². The van der Waals surface area contributed by atoms with Crippen LogP contribution in [0.5, 0.6) is 0 Å². The Morgan fingerprint density at radius 1 is 0.587 bits per heavy atom. The van der Waals surface area contributed by atoms with Gasteiger partial charge in [-0.3, -0.25) is 23.4 Å². The monoisotopic (exact) mass is 898 g/mol. The highest BCUT2D eigenvalue weighted by molar-refractivity contribution is 7.47. The molecule has 63 heavy (non-hydrogen) atoms. The van der Waals surface area contributed by atoms with Crippen LogP contribution in [-0.2, 0) is 37.5 Å². The lowest BCUT2D eigenvalue weighted by molar-refractivity contribution is -0.161. The highest BCUT2D eigenvalue weighted by Gasteiger charge is 2.28. The fourth-order valence-corrected chi connectivity index (χ4v) is 5.76. The van der Waals surface area contributed by atoms with Crippen molar-refractivity contribution in [1.29, 1.82) is 0 Å². The number of carboxylic acids is 1. The minimum absolute atomic E-state index is 0.00282. The first-order valence-corrected chi connectivity index (χ1v) is 23.8. The number of nitrogens with two attached hydrogens (primary N) is 1. The maximum Gasteiger partial charge on any atom is 0.472 e. The van der Waals surface area contributed by atoms with Gasteiger partial charge in [0.15, 0.2) is 6.10 Å². The highest BCUT2D eigenvalue weighted by Crippen LogP contribution is 2.43. The largest absolute Gasteiger partial charge is 0.480 e. The van der Waals surface area contributed by atoms with E-state index in [0.717, 1.165) is 44.9 Å². The molecule has 0 aromatic carbocycles. The summed E-state index contributed by atoms with van der Waals surface area (Å²) >= 11 is 0. The third-order valence-electron chi connectivity index (χ3n) is 8.49. The zero-order valence-corrected chi connectivity index (χ0v) is 38.6. The lowest BCUT2D eigenvalue weighted by atomic mass is 10.2. The average Bonchev–Trinajstić information content (AvgIpc) is 3.26. The maximum absolute atomic E-state index is 12.6. The molecule has 4 atom stereocenters. The number of esters is 2. The molecule has 0 aliphatic heterocycles. The molecule has 0 aromatic rings. The second-order valence-electron chi connectivity index (χ2n) is 14.3. The van der Waals surface area contributed by atoms with Crippen molar-refractivity contribution in [3.63, 3.8) is 0 Å². The van der Waals surface area contributed by atoms with Gasteiger partial charge >= 0.3 is 25.7 Å². The number of aliphatic carboxylic acids is 1. The van der Waals surface area contributed by atoms with Crippen molar-refractivity contribution in [2.45, 2.75) is 141 Å². The van der Waals surface area contributed by atoms with E-state index in [2.05, 4.69) is 73.1 Å². The van der Waals surface area contributed by atoms with Gasteiger partial charge in [-0.25, -0.2) is 4.57 Å². The first-order chi connectivity index (χ1) is 30.5. The van der Waals surface area contributed by atoms with Gasteiger partial charge in [-0.05, 0) is 83.5 Å². The lowest BCUT2D eigenvalue weighted by Crippen LogP contribution is -2.34. The van der Waals surface area contributed by atoms with Crippen molar-refractivity contribution in [1.82, 2.24) is 0 Å². The molecule has 0 spiro atoms. The second kappa shape index (κ2) is 42.9. The van der Waals surface area contributed by atoms with Crippen molar-refractivity contribution in [3.05, 3.63) is 134 Å². The molecule has 2 unspecified atom stereocenters. The number of carbonyl (C=O) groups excluding carboxylic acids is 2. The van der Waals surface area contributed by atoms with Crippen LogP contribution in [0.15, 0.2) is 134 Å². The molecule has 0 aliphatic carbocycles. The molecule has 12 nitrogen and oxygen atoms in total. The molecular weight excluding hydrogens is 822 g/mol. The highest BCUT2D eigenvalue weighted by atomic mass is 31.2.